The van der Waals surface area contributed by atoms with Crippen molar-refractivity contribution in [2.45, 2.75) is 25.3 Å². The first-order valence-corrected chi connectivity index (χ1v) is 5.53. The molecule has 2 saturated heterocycles. The smallest absolute Gasteiger partial charge is 0.224 e. The fourth-order valence-electron chi connectivity index (χ4n) is 2.10. The van der Waals surface area contributed by atoms with E-state index in [4.69, 9.17) is 0 Å². The van der Waals surface area contributed by atoms with E-state index in [0.29, 0.717) is 13.0 Å². The third-order valence-electron chi connectivity index (χ3n) is 2.99. The highest BCUT2D eigenvalue weighted by atomic mass is 16.2. The van der Waals surface area contributed by atoms with E-state index in [2.05, 4.69) is 16.0 Å². The van der Waals surface area contributed by atoms with Crippen LogP contribution in [0.3, 0.4) is 0 Å². The number of carbonyl (C=O) groups excluding carboxylic acids is 2. The molecule has 0 bridgehead atoms. The van der Waals surface area contributed by atoms with Crippen molar-refractivity contribution >= 4 is 11.8 Å². The summed E-state index contributed by atoms with van der Waals surface area (Å²) in [5.41, 5.74) is 0. The Balaban J connectivity index is 1.78. The summed E-state index contributed by atoms with van der Waals surface area (Å²) in [6.45, 7) is 2.35. The second kappa shape index (κ2) is 4.61. The molecule has 5 nitrogen and oxygen atoms in total. The van der Waals surface area contributed by atoms with Crippen LogP contribution in [0.25, 0.3) is 0 Å². The van der Waals surface area contributed by atoms with Gasteiger partial charge in [-0.25, -0.2) is 0 Å². The molecule has 0 spiro atoms. The Morgan fingerprint density at radius 2 is 2.27 bits per heavy atom. The van der Waals surface area contributed by atoms with Crippen LogP contribution in [-0.4, -0.2) is 37.5 Å². The number of hydrogen-bond acceptors (Lipinski definition) is 3. The molecule has 2 aliphatic rings. The summed E-state index contributed by atoms with van der Waals surface area (Å²) in [6, 6.07) is -0.00748. The second-order valence-corrected chi connectivity index (χ2v) is 4.26. The number of nitrogens with one attached hydrogen (secondary N) is 3. The minimum atomic E-state index is -0.00748. The summed E-state index contributed by atoms with van der Waals surface area (Å²) in [5, 5.41) is 8.83. The van der Waals surface area contributed by atoms with Gasteiger partial charge in [0, 0.05) is 19.5 Å². The molecular formula is C10H17N3O2. The molecule has 2 amide bonds. The summed E-state index contributed by atoms with van der Waals surface area (Å²) in [6.07, 6.45) is 2.43. The van der Waals surface area contributed by atoms with Gasteiger partial charge in [0.15, 0.2) is 0 Å². The molecule has 0 aromatic rings. The molecule has 0 aromatic carbocycles. The Labute approximate surface area is 89.0 Å². The van der Waals surface area contributed by atoms with Gasteiger partial charge in [-0.3, -0.25) is 9.59 Å². The van der Waals surface area contributed by atoms with Crippen LogP contribution in [0.2, 0.25) is 0 Å². The molecule has 2 atom stereocenters. The van der Waals surface area contributed by atoms with Crippen molar-refractivity contribution in [1.82, 2.24) is 16.0 Å². The monoisotopic (exact) mass is 211 g/mol. The highest BCUT2D eigenvalue weighted by Gasteiger charge is 2.27. The number of amides is 2. The van der Waals surface area contributed by atoms with E-state index in [1.54, 1.807) is 0 Å². The zero-order chi connectivity index (χ0) is 10.7. The molecule has 2 unspecified atom stereocenters. The van der Waals surface area contributed by atoms with Crippen LogP contribution in [0.1, 0.15) is 19.3 Å². The lowest BCUT2D eigenvalue weighted by atomic mass is 9.98. The van der Waals surface area contributed by atoms with Crippen LogP contribution in [0, 0.1) is 5.92 Å². The van der Waals surface area contributed by atoms with E-state index in [1.165, 1.54) is 0 Å². The van der Waals surface area contributed by atoms with Crippen molar-refractivity contribution in [3.8, 4) is 0 Å². The van der Waals surface area contributed by atoms with E-state index in [1.807, 2.05) is 0 Å². The molecule has 0 aliphatic carbocycles. The summed E-state index contributed by atoms with van der Waals surface area (Å²) >= 11 is 0. The average Bonchev–Trinajstić information content (AvgIpc) is 2.65. The van der Waals surface area contributed by atoms with Gasteiger partial charge in [-0.15, -0.1) is 0 Å². The van der Waals surface area contributed by atoms with Crippen LogP contribution < -0.4 is 16.0 Å². The summed E-state index contributed by atoms with van der Waals surface area (Å²) in [7, 11) is 0. The van der Waals surface area contributed by atoms with Crippen molar-refractivity contribution in [3.05, 3.63) is 0 Å². The normalized spacial score (nSPS) is 31.1. The van der Waals surface area contributed by atoms with Crippen LogP contribution in [0.15, 0.2) is 0 Å². The van der Waals surface area contributed by atoms with Crippen LogP contribution in [0.5, 0.6) is 0 Å². The maximum atomic E-state index is 11.8. The summed E-state index contributed by atoms with van der Waals surface area (Å²) < 4.78 is 0. The SMILES string of the molecule is O=C1CC(NC(=O)C2CCCNC2)CN1. The standard InChI is InChI=1S/C10H17N3O2/c14-9-4-8(6-12-9)13-10(15)7-2-1-3-11-5-7/h7-8,11H,1-6H2,(H,12,14)(H,13,15). The molecule has 2 fully saturated rings. The van der Waals surface area contributed by atoms with E-state index in [9.17, 15) is 9.59 Å². The van der Waals surface area contributed by atoms with Gasteiger partial charge in [-0.2, -0.15) is 0 Å². The highest BCUT2D eigenvalue weighted by molar-refractivity contribution is 5.83. The van der Waals surface area contributed by atoms with E-state index in [0.717, 1.165) is 25.9 Å². The number of piperidine rings is 1. The van der Waals surface area contributed by atoms with Gasteiger partial charge in [0.25, 0.3) is 0 Å². The molecule has 5 heteroatoms. The Morgan fingerprint density at radius 3 is 2.87 bits per heavy atom. The minimum Gasteiger partial charge on any atom is -0.354 e. The van der Waals surface area contributed by atoms with Gasteiger partial charge in [0.2, 0.25) is 11.8 Å². The van der Waals surface area contributed by atoms with Gasteiger partial charge >= 0.3 is 0 Å². The Morgan fingerprint density at radius 1 is 1.40 bits per heavy atom. The Kier molecular flexibility index (Phi) is 3.20. The molecule has 0 aromatic heterocycles. The largest absolute Gasteiger partial charge is 0.354 e. The summed E-state index contributed by atoms with van der Waals surface area (Å²) in [5.74, 6) is 0.195. The zero-order valence-corrected chi connectivity index (χ0v) is 8.71. The molecule has 3 N–H and O–H groups in total. The molecule has 15 heavy (non-hydrogen) atoms. The fraction of sp³-hybridized carbons (Fsp3) is 0.800. The van der Waals surface area contributed by atoms with Crippen molar-refractivity contribution in [1.29, 1.82) is 0 Å². The molecule has 0 saturated carbocycles. The lowest BCUT2D eigenvalue weighted by Crippen LogP contribution is -2.45. The first-order valence-electron chi connectivity index (χ1n) is 5.53. The van der Waals surface area contributed by atoms with Crippen LogP contribution >= 0.6 is 0 Å². The van der Waals surface area contributed by atoms with Gasteiger partial charge in [-0.1, -0.05) is 0 Å². The van der Waals surface area contributed by atoms with E-state index < -0.39 is 0 Å². The maximum Gasteiger partial charge on any atom is 0.224 e. The maximum absolute atomic E-state index is 11.8. The summed E-state index contributed by atoms with van der Waals surface area (Å²) in [4.78, 5) is 22.7. The third kappa shape index (κ3) is 2.68. The highest BCUT2D eigenvalue weighted by Crippen LogP contribution is 2.11. The van der Waals surface area contributed by atoms with E-state index >= 15 is 0 Å². The lowest BCUT2D eigenvalue weighted by Gasteiger charge is -2.23. The van der Waals surface area contributed by atoms with Crippen molar-refractivity contribution in [3.63, 3.8) is 0 Å². The quantitative estimate of drug-likeness (QED) is 0.548. The third-order valence-corrected chi connectivity index (χ3v) is 2.99. The minimum absolute atomic E-state index is 0.00748. The molecule has 2 rings (SSSR count). The number of rotatable bonds is 2. The van der Waals surface area contributed by atoms with Gasteiger partial charge in [0.05, 0.1) is 12.0 Å². The fourth-order valence-corrected chi connectivity index (χ4v) is 2.10. The average molecular weight is 211 g/mol. The Bertz CT molecular complexity index is 261. The van der Waals surface area contributed by atoms with Crippen LogP contribution in [-0.2, 0) is 9.59 Å². The first kappa shape index (κ1) is 10.4. The number of carbonyl (C=O) groups is 2. The van der Waals surface area contributed by atoms with Crippen molar-refractivity contribution in [2.24, 2.45) is 5.92 Å². The molecule has 2 heterocycles. The molecule has 84 valence electrons. The van der Waals surface area contributed by atoms with Gasteiger partial charge in [0.1, 0.15) is 0 Å². The lowest BCUT2D eigenvalue weighted by molar-refractivity contribution is -0.126. The van der Waals surface area contributed by atoms with Crippen molar-refractivity contribution in [2.75, 3.05) is 19.6 Å². The second-order valence-electron chi connectivity index (χ2n) is 4.26. The van der Waals surface area contributed by atoms with Crippen LogP contribution in [0.4, 0.5) is 0 Å². The topological polar surface area (TPSA) is 70.2 Å². The zero-order valence-electron chi connectivity index (χ0n) is 8.71. The molecular weight excluding hydrogens is 194 g/mol. The predicted octanol–water partition coefficient (Wildman–Crippen LogP) is -1.01. The van der Waals surface area contributed by atoms with Crippen molar-refractivity contribution < 1.29 is 9.59 Å². The van der Waals surface area contributed by atoms with E-state index in [-0.39, 0.29) is 23.8 Å². The predicted molar refractivity (Wildman–Crippen MR) is 55.2 cm³/mol. The first-order chi connectivity index (χ1) is 7.25. The van der Waals surface area contributed by atoms with Gasteiger partial charge in [-0.05, 0) is 19.4 Å². The molecule has 0 radical (unpaired) electrons. The van der Waals surface area contributed by atoms with Gasteiger partial charge < -0.3 is 16.0 Å². The number of hydrogen-bond donors (Lipinski definition) is 3. The Hall–Kier alpha value is -1.10. The molecule has 2 aliphatic heterocycles.